The van der Waals surface area contributed by atoms with Crippen molar-refractivity contribution in [1.82, 2.24) is 4.98 Å². The minimum atomic E-state index is -0.328. The molecule has 0 spiro atoms. The van der Waals surface area contributed by atoms with Gasteiger partial charge in [-0.1, -0.05) is 13.8 Å². The maximum Gasteiger partial charge on any atom is 0.313 e. The molecule has 1 aliphatic heterocycles. The summed E-state index contributed by atoms with van der Waals surface area (Å²) in [4.78, 5) is 28.2. The fourth-order valence-electron chi connectivity index (χ4n) is 2.38. The molecule has 0 aliphatic carbocycles. The van der Waals surface area contributed by atoms with Crippen LogP contribution in [0.2, 0.25) is 0 Å². The molecule has 0 unspecified atom stereocenters. The highest BCUT2D eigenvalue weighted by Gasteiger charge is 2.30. The predicted octanol–water partition coefficient (Wildman–Crippen LogP) is 3.57. The monoisotopic (exact) mass is 323 g/mol. The number of hydrogen-bond donors (Lipinski definition) is 0. The van der Waals surface area contributed by atoms with E-state index in [9.17, 15) is 9.59 Å². The van der Waals surface area contributed by atoms with Crippen molar-refractivity contribution in [2.75, 3.05) is 0 Å². The Morgan fingerprint density at radius 3 is 2.62 bits per heavy atom. The fraction of sp³-hybridized carbons (Fsp3) is 0.211. The molecule has 3 rings (SSSR count). The van der Waals surface area contributed by atoms with Crippen molar-refractivity contribution in [3.8, 4) is 11.5 Å². The molecule has 0 radical (unpaired) electrons. The lowest BCUT2D eigenvalue weighted by Crippen LogP contribution is -2.14. The van der Waals surface area contributed by atoms with Gasteiger partial charge in [0.25, 0.3) is 0 Å². The molecule has 0 atom stereocenters. The number of hydrogen-bond acceptors (Lipinski definition) is 5. The number of esters is 1. The van der Waals surface area contributed by atoms with Gasteiger partial charge >= 0.3 is 5.97 Å². The average molecular weight is 323 g/mol. The number of Topliss-reactive ketones (excluding diaryl/α,β-unsaturated/α-hetero) is 1. The van der Waals surface area contributed by atoms with Crippen molar-refractivity contribution < 1.29 is 19.1 Å². The lowest BCUT2D eigenvalue weighted by molar-refractivity contribution is -0.137. The zero-order valence-corrected chi connectivity index (χ0v) is 13.7. The summed E-state index contributed by atoms with van der Waals surface area (Å²) in [7, 11) is 0. The van der Waals surface area contributed by atoms with E-state index in [1.165, 1.54) is 0 Å². The van der Waals surface area contributed by atoms with Crippen LogP contribution in [0.15, 0.2) is 42.4 Å². The number of pyridine rings is 1. The first kappa shape index (κ1) is 15.9. The molecule has 24 heavy (non-hydrogen) atoms. The quantitative estimate of drug-likeness (QED) is 0.491. The third-order valence-corrected chi connectivity index (χ3v) is 3.64. The van der Waals surface area contributed by atoms with Gasteiger partial charge in [0.2, 0.25) is 5.78 Å². The van der Waals surface area contributed by atoms with Gasteiger partial charge in [0, 0.05) is 18.5 Å². The van der Waals surface area contributed by atoms with Crippen LogP contribution in [0.4, 0.5) is 0 Å². The molecule has 5 heteroatoms. The van der Waals surface area contributed by atoms with E-state index in [4.69, 9.17) is 9.47 Å². The summed E-state index contributed by atoms with van der Waals surface area (Å²) in [5.41, 5.74) is 2.03. The van der Waals surface area contributed by atoms with Crippen LogP contribution in [0, 0.1) is 12.8 Å². The first-order chi connectivity index (χ1) is 11.5. The summed E-state index contributed by atoms with van der Waals surface area (Å²) >= 11 is 0. The SMILES string of the molecule is Cc1cc(OC(=O)C(C)C)cc2c1C(=O)/C(=C/c1ccncc1)O2. The molecule has 2 heterocycles. The molecule has 0 bridgehead atoms. The van der Waals surface area contributed by atoms with Gasteiger partial charge in [0.1, 0.15) is 11.5 Å². The number of ether oxygens (including phenoxy) is 2. The summed E-state index contributed by atoms with van der Waals surface area (Å²) in [5, 5.41) is 0. The molecule has 0 fully saturated rings. The highest BCUT2D eigenvalue weighted by Crippen LogP contribution is 2.37. The van der Waals surface area contributed by atoms with E-state index in [-0.39, 0.29) is 23.4 Å². The average Bonchev–Trinajstić information content (AvgIpc) is 2.84. The van der Waals surface area contributed by atoms with Crippen molar-refractivity contribution in [2.45, 2.75) is 20.8 Å². The minimum Gasteiger partial charge on any atom is -0.452 e. The number of nitrogens with zero attached hydrogens (tertiary/aromatic N) is 1. The molecule has 1 aliphatic rings. The van der Waals surface area contributed by atoms with Gasteiger partial charge in [0.05, 0.1) is 11.5 Å². The Morgan fingerprint density at radius 2 is 1.96 bits per heavy atom. The second-order valence-electron chi connectivity index (χ2n) is 5.91. The molecular formula is C19H17NO4. The van der Waals surface area contributed by atoms with Gasteiger partial charge in [-0.3, -0.25) is 14.6 Å². The van der Waals surface area contributed by atoms with E-state index in [2.05, 4.69) is 4.98 Å². The number of rotatable bonds is 3. The maximum atomic E-state index is 12.5. The summed E-state index contributed by atoms with van der Waals surface area (Å²) in [5.74, 6) is 0.289. The van der Waals surface area contributed by atoms with Gasteiger partial charge in [-0.2, -0.15) is 0 Å². The van der Waals surface area contributed by atoms with Crippen LogP contribution in [0.25, 0.3) is 6.08 Å². The van der Waals surface area contributed by atoms with Crippen molar-refractivity contribution in [3.63, 3.8) is 0 Å². The maximum absolute atomic E-state index is 12.5. The van der Waals surface area contributed by atoms with Crippen LogP contribution >= 0.6 is 0 Å². The van der Waals surface area contributed by atoms with Crippen molar-refractivity contribution >= 4 is 17.8 Å². The Morgan fingerprint density at radius 1 is 1.25 bits per heavy atom. The topological polar surface area (TPSA) is 65.5 Å². The Hall–Kier alpha value is -2.95. The Kier molecular flexibility index (Phi) is 4.16. The Labute approximate surface area is 139 Å². The molecular weight excluding hydrogens is 306 g/mol. The van der Waals surface area contributed by atoms with E-state index in [0.717, 1.165) is 5.56 Å². The number of benzene rings is 1. The number of allylic oxidation sites excluding steroid dienone is 1. The van der Waals surface area contributed by atoms with E-state index in [0.29, 0.717) is 22.6 Å². The normalized spacial score (nSPS) is 14.7. The lowest BCUT2D eigenvalue weighted by Gasteiger charge is -2.09. The van der Waals surface area contributed by atoms with Gasteiger partial charge in [-0.05, 0) is 42.3 Å². The molecule has 0 saturated heterocycles. The summed E-state index contributed by atoms with van der Waals surface area (Å²) in [6.45, 7) is 5.32. The third kappa shape index (κ3) is 3.06. The second-order valence-corrected chi connectivity index (χ2v) is 5.91. The van der Waals surface area contributed by atoms with Gasteiger partial charge < -0.3 is 9.47 Å². The molecule has 1 aromatic carbocycles. The highest BCUT2D eigenvalue weighted by atomic mass is 16.5. The number of fused-ring (bicyclic) bond motifs is 1. The minimum absolute atomic E-state index is 0.180. The molecule has 1 aromatic heterocycles. The van der Waals surface area contributed by atoms with Gasteiger partial charge in [-0.25, -0.2) is 0 Å². The van der Waals surface area contributed by atoms with E-state index >= 15 is 0 Å². The molecule has 0 amide bonds. The molecule has 2 aromatic rings. The largest absolute Gasteiger partial charge is 0.452 e. The van der Waals surface area contributed by atoms with Crippen molar-refractivity contribution in [1.29, 1.82) is 0 Å². The number of ketones is 1. The van der Waals surface area contributed by atoms with Crippen LogP contribution in [0.1, 0.15) is 35.3 Å². The standard InChI is InChI=1S/C19H17NO4/c1-11(2)19(22)23-14-8-12(3)17-15(10-14)24-16(18(17)21)9-13-4-6-20-7-5-13/h4-11H,1-3H3/b16-9-. The molecule has 122 valence electrons. The van der Waals surface area contributed by atoms with Crippen LogP contribution in [0.5, 0.6) is 11.5 Å². The number of carbonyl (C=O) groups excluding carboxylic acids is 2. The zero-order chi connectivity index (χ0) is 17.3. The van der Waals surface area contributed by atoms with Crippen molar-refractivity contribution in [2.24, 2.45) is 5.92 Å². The molecule has 0 N–H and O–H groups in total. The number of carbonyl (C=O) groups is 2. The first-order valence-corrected chi connectivity index (χ1v) is 7.66. The van der Waals surface area contributed by atoms with Crippen molar-refractivity contribution in [3.05, 3.63) is 59.1 Å². The predicted molar refractivity (Wildman–Crippen MR) is 88.8 cm³/mol. The third-order valence-electron chi connectivity index (χ3n) is 3.64. The smallest absolute Gasteiger partial charge is 0.313 e. The van der Waals surface area contributed by atoms with Crippen LogP contribution in [0.3, 0.4) is 0 Å². The van der Waals surface area contributed by atoms with Crippen LogP contribution in [-0.2, 0) is 4.79 Å². The molecule has 5 nitrogen and oxygen atoms in total. The molecule has 0 saturated carbocycles. The van der Waals surface area contributed by atoms with E-state index in [1.807, 2.05) is 0 Å². The van der Waals surface area contributed by atoms with Gasteiger partial charge in [0.15, 0.2) is 5.76 Å². The number of aryl methyl sites for hydroxylation is 1. The Bertz CT molecular complexity index is 838. The lowest BCUT2D eigenvalue weighted by atomic mass is 10.0. The van der Waals surface area contributed by atoms with E-state index in [1.54, 1.807) is 63.5 Å². The summed E-state index contributed by atoms with van der Waals surface area (Å²) < 4.78 is 11.0. The summed E-state index contributed by atoms with van der Waals surface area (Å²) in [6.07, 6.45) is 4.96. The highest BCUT2D eigenvalue weighted by molar-refractivity contribution is 6.15. The second kappa shape index (κ2) is 6.28. The van der Waals surface area contributed by atoms with Gasteiger partial charge in [-0.15, -0.1) is 0 Å². The van der Waals surface area contributed by atoms with Crippen LogP contribution < -0.4 is 9.47 Å². The Balaban J connectivity index is 1.92. The zero-order valence-electron chi connectivity index (χ0n) is 13.7. The first-order valence-electron chi connectivity index (χ1n) is 7.66. The summed E-state index contributed by atoms with van der Waals surface area (Å²) in [6, 6.07) is 6.83. The fourth-order valence-corrected chi connectivity index (χ4v) is 2.38. The van der Waals surface area contributed by atoms with E-state index < -0.39 is 0 Å². The number of aromatic nitrogens is 1. The van der Waals surface area contributed by atoms with Crippen LogP contribution in [-0.4, -0.2) is 16.7 Å².